The predicted octanol–water partition coefficient (Wildman–Crippen LogP) is 4.58. The Labute approximate surface area is 241 Å². The van der Waals surface area contributed by atoms with E-state index in [0.717, 1.165) is 0 Å². The van der Waals surface area contributed by atoms with Gasteiger partial charge in [0.15, 0.2) is 11.6 Å². The van der Waals surface area contributed by atoms with Crippen LogP contribution in [0.15, 0.2) is 67.0 Å². The fourth-order valence-corrected chi connectivity index (χ4v) is 5.88. The molecule has 0 saturated carbocycles. The molecule has 0 aliphatic carbocycles. The van der Waals surface area contributed by atoms with Crippen molar-refractivity contribution < 1.29 is 26.3 Å². The maximum absolute atomic E-state index is 15.7. The summed E-state index contributed by atoms with van der Waals surface area (Å²) in [5.41, 5.74) is 0.554. The van der Waals surface area contributed by atoms with Crippen molar-refractivity contribution >= 4 is 16.0 Å². The first-order valence-electron chi connectivity index (χ1n) is 13.1. The Morgan fingerprint density at radius 1 is 1.05 bits per heavy atom. The molecule has 5 rings (SSSR count). The number of ether oxygens (including phenoxy) is 1. The fraction of sp³-hybridized carbons (Fsp3) is 0.276. The van der Waals surface area contributed by atoms with E-state index in [-0.39, 0.29) is 29.0 Å². The number of nitrogens with one attached hydrogen (secondary N) is 2. The van der Waals surface area contributed by atoms with Gasteiger partial charge in [-0.15, -0.1) is 0 Å². The molecule has 1 unspecified atom stereocenters. The van der Waals surface area contributed by atoms with Gasteiger partial charge in [0.1, 0.15) is 10.9 Å². The fourth-order valence-electron chi connectivity index (χ4n) is 4.96. The van der Waals surface area contributed by atoms with Gasteiger partial charge in [0.25, 0.3) is 0 Å². The van der Waals surface area contributed by atoms with Crippen LogP contribution in [-0.4, -0.2) is 48.7 Å². The SMILES string of the molecule is Cc1cc(C(C)(c2ccccc2)S(N)(=O)=O)c(F)c(F)c1Oc1ncccc1-c1ccnc(N[C@@H]2CNC[C@@H](F)C2)n1. The molecule has 1 fully saturated rings. The van der Waals surface area contributed by atoms with Crippen LogP contribution in [0.1, 0.15) is 30.0 Å². The number of hydrogen-bond donors (Lipinski definition) is 3. The second-order valence-electron chi connectivity index (χ2n) is 10.2. The number of sulfonamides is 1. The van der Waals surface area contributed by atoms with E-state index in [1.54, 1.807) is 36.4 Å². The van der Waals surface area contributed by atoms with Gasteiger partial charge in [-0.1, -0.05) is 30.3 Å². The number of benzene rings is 2. The number of nitrogens with two attached hydrogens (primary N) is 1. The largest absolute Gasteiger partial charge is 0.435 e. The van der Waals surface area contributed by atoms with Gasteiger partial charge in [-0.3, -0.25) is 0 Å². The molecule has 13 heteroatoms. The molecule has 2 aromatic carbocycles. The van der Waals surface area contributed by atoms with E-state index < -0.39 is 43.9 Å². The van der Waals surface area contributed by atoms with E-state index in [1.165, 1.54) is 44.4 Å². The molecule has 9 nitrogen and oxygen atoms in total. The van der Waals surface area contributed by atoms with Crippen molar-refractivity contribution in [2.45, 2.75) is 37.2 Å². The molecule has 0 radical (unpaired) electrons. The molecule has 1 aliphatic rings. The van der Waals surface area contributed by atoms with Gasteiger partial charge in [0, 0.05) is 43.5 Å². The van der Waals surface area contributed by atoms with Crippen LogP contribution in [0.25, 0.3) is 11.3 Å². The van der Waals surface area contributed by atoms with Crippen molar-refractivity contribution in [1.82, 2.24) is 20.3 Å². The van der Waals surface area contributed by atoms with Crippen LogP contribution in [0.2, 0.25) is 0 Å². The van der Waals surface area contributed by atoms with Crippen LogP contribution in [0.3, 0.4) is 0 Å². The molecule has 3 atom stereocenters. The normalized spacial score (nSPS) is 18.7. The Hall–Kier alpha value is -4.07. The average molecular weight is 599 g/mol. The molecule has 4 N–H and O–H groups in total. The van der Waals surface area contributed by atoms with Crippen molar-refractivity contribution in [2.75, 3.05) is 18.4 Å². The van der Waals surface area contributed by atoms with Gasteiger partial charge in [-0.25, -0.2) is 37.3 Å². The number of hydrogen-bond acceptors (Lipinski definition) is 8. The molecule has 42 heavy (non-hydrogen) atoms. The summed E-state index contributed by atoms with van der Waals surface area (Å²) in [6, 6.07) is 13.6. The van der Waals surface area contributed by atoms with Crippen LogP contribution in [0.4, 0.5) is 19.1 Å². The number of aromatic nitrogens is 3. The maximum atomic E-state index is 15.7. The van der Waals surface area contributed by atoms with Gasteiger partial charge in [0.2, 0.25) is 27.7 Å². The first kappa shape index (κ1) is 29.4. The molecule has 1 aliphatic heterocycles. The lowest BCUT2D eigenvalue weighted by atomic mass is 9.90. The summed E-state index contributed by atoms with van der Waals surface area (Å²) in [5, 5.41) is 11.7. The number of alkyl halides is 1. The first-order chi connectivity index (χ1) is 20.0. The minimum Gasteiger partial charge on any atom is -0.435 e. The minimum atomic E-state index is -4.46. The van der Waals surface area contributed by atoms with E-state index >= 15 is 8.78 Å². The molecule has 3 heterocycles. The minimum absolute atomic E-state index is 0.0725. The van der Waals surface area contributed by atoms with Gasteiger partial charge in [-0.2, -0.15) is 4.39 Å². The van der Waals surface area contributed by atoms with E-state index in [2.05, 4.69) is 25.6 Å². The van der Waals surface area contributed by atoms with E-state index in [0.29, 0.717) is 30.8 Å². The van der Waals surface area contributed by atoms with E-state index in [9.17, 15) is 12.8 Å². The highest BCUT2D eigenvalue weighted by Crippen LogP contribution is 2.42. The number of nitrogens with zero attached hydrogens (tertiary/aromatic N) is 3. The summed E-state index contributed by atoms with van der Waals surface area (Å²) in [5.74, 6) is -3.12. The summed E-state index contributed by atoms with van der Waals surface area (Å²) in [6.07, 6.45) is 2.23. The molecule has 0 amide bonds. The molecule has 220 valence electrons. The summed E-state index contributed by atoms with van der Waals surface area (Å²) < 4.78 is 74.5. The van der Waals surface area contributed by atoms with Crippen LogP contribution >= 0.6 is 0 Å². The quantitative estimate of drug-likeness (QED) is 0.269. The summed E-state index contributed by atoms with van der Waals surface area (Å²) >= 11 is 0. The van der Waals surface area contributed by atoms with Gasteiger partial charge < -0.3 is 15.4 Å². The highest BCUT2D eigenvalue weighted by Gasteiger charge is 2.44. The molecule has 2 aromatic heterocycles. The number of primary sulfonamides is 1. The molecule has 0 spiro atoms. The number of piperidine rings is 1. The third kappa shape index (κ3) is 5.67. The highest BCUT2D eigenvalue weighted by molar-refractivity contribution is 7.90. The lowest BCUT2D eigenvalue weighted by molar-refractivity contribution is 0.254. The smallest absolute Gasteiger partial charge is 0.228 e. The highest BCUT2D eigenvalue weighted by atomic mass is 32.2. The lowest BCUT2D eigenvalue weighted by Crippen LogP contribution is -2.44. The first-order valence-corrected chi connectivity index (χ1v) is 14.7. The predicted molar refractivity (Wildman–Crippen MR) is 152 cm³/mol. The van der Waals surface area contributed by atoms with Crippen LogP contribution in [-0.2, 0) is 14.8 Å². The Balaban J connectivity index is 1.51. The zero-order valence-corrected chi connectivity index (χ0v) is 23.6. The Morgan fingerprint density at radius 2 is 1.81 bits per heavy atom. The second kappa shape index (κ2) is 11.7. The van der Waals surface area contributed by atoms with Crippen molar-refractivity contribution in [1.29, 1.82) is 0 Å². The molecular weight excluding hydrogens is 569 g/mol. The second-order valence-corrected chi connectivity index (χ2v) is 12.1. The molecular formula is C29H29F3N6O3S. The average Bonchev–Trinajstić information content (AvgIpc) is 2.97. The Morgan fingerprint density at radius 3 is 2.52 bits per heavy atom. The zero-order valence-electron chi connectivity index (χ0n) is 22.8. The third-order valence-electron chi connectivity index (χ3n) is 7.29. The Kier molecular flexibility index (Phi) is 8.17. The van der Waals surface area contributed by atoms with Crippen molar-refractivity contribution in [2.24, 2.45) is 5.14 Å². The number of aryl methyl sites for hydroxylation is 1. The molecule has 4 aromatic rings. The van der Waals surface area contributed by atoms with Gasteiger partial charge >= 0.3 is 0 Å². The monoisotopic (exact) mass is 598 g/mol. The van der Waals surface area contributed by atoms with Gasteiger partial charge in [0.05, 0.1) is 11.3 Å². The Bertz CT molecular complexity index is 1710. The van der Waals surface area contributed by atoms with Crippen LogP contribution in [0.5, 0.6) is 11.6 Å². The third-order valence-corrected chi connectivity index (χ3v) is 8.88. The van der Waals surface area contributed by atoms with Crippen LogP contribution in [0, 0.1) is 18.6 Å². The summed E-state index contributed by atoms with van der Waals surface area (Å²) in [4.78, 5) is 12.9. The number of halogens is 3. The standard InChI is InChI=1S/C29H29F3N6O3S/c1-17-13-22(29(2,42(33,39)40)18-7-4-3-5-8-18)24(31)25(32)26(17)41-27-21(9-6-11-35-27)23-10-12-36-28(38-23)37-20-14-19(30)15-34-16-20/h3-13,19-20,34H,14-16H2,1-2H3,(H2,33,39,40)(H,36,37,38)/t19-,20-,29?/m0/s1. The maximum Gasteiger partial charge on any atom is 0.228 e. The molecule has 1 saturated heterocycles. The van der Waals surface area contributed by atoms with Crippen molar-refractivity contribution in [3.05, 3.63) is 95.3 Å². The van der Waals surface area contributed by atoms with Crippen molar-refractivity contribution in [3.63, 3.8) is 0 Å². The lowest BCUT2D eigenvalue weighted by Gasteiger charge is -2.29. The van der Waals surface area contributed by atoms with E-state index in [4.69, 9.17) is 9.88 Å². The summed E-state index contributed by atoms with van der Waals surface area (Å²) in [7, 11) is -4.46. The van der Waals surface area contributed by atoms with Crippen LogP contribution < -0.4 is 20.5 Å². The number of anilines is 1. The molecule has 0 bridgehead atoms. The summed E-state index contributed by atoms with van der Waals surface area (Å²) in [6.45, 7) is 3.52. The topological polar surface area (TPSA) is 132 Å². The number of rotatable bonds is 8. The zero-order chi connectivity index (χ0) is 30.1. The van der Waals surface area contributed by atoms with E-state index in [1.807, 2.05) is 0 Å². The van der Waals surface area contributed by atoms with Gasteiger partial charge in [-0.05, 0) is 49.2 Å². The number of pyridine rings is 1. The van der Waals surface area contributed by atoms with Crippen molar-refractivity contribution in [3.8, 4) is 22.9 Å².